The van der Waals surface area contributed by atoms with Crippen LogP contribution in [0.1, 0.15) is 37.4 Å². The van der Waals surface area contributed by atoms with E-state index in [4.69, 9.17) is 9.47 Å². The summed E-state index contributed by atoms with van der Waals surface area (Å²) in [7, 11) is 5.33. The summed E-state index contributed by atoms with van der Waals surface area (Å²) in [6, 6.07) is 10.7. The van der Waals surface area contributed by atoms with Gasteiger partial charge in [0.1, 0.15) is 23.0 Å². The first-order valence-corrected chi connectivity index (χ1v) is 11.2. The van der Waals surface area contributed by atoms with E-state index in [2.05, 4.69) is 0 Å². The third kappa shape index (κ3) is 5.34. The van der Waals surface area contributed by atoms with Crippen molar-refractivity contribution in [2.75, 3.05) is 34.3 Å². The van der Waals surface area contributed by atoms with Crippen LogP contribution in [0.3, 0.4) is 0 Å². The molecule has 1 aliphatic heterocycles. The molecule has 0 aromatic heterocycles. The van der Waals surface area contributed by atoms with Crippen LogP contribution in [0.4, 0.5) is 0 Å². The highest BCUT2D eigenvalue weighted by molar-refractivity contribution is 6.46. The van der Waals surface area contributed by atoms with Crippen molar-refractivity contribution in [2.45, 2.75) is 32.4 Å². The van der Waals surface area contributed by atoms with Gasteiger partial charge in [0.15, 0.2) is 0 Å². The fourth-order valence-corrected chi connectivity index (χ4v) is 4.00. The topological polar surface area (TPSA) is 99.5 Å². The largest absolute Gasteiger partial charge is 0.507 e. The molecule has 8 nitrogen and oxygen atoms in total. The van der Waals surface area contributed by atoms with Crippen LogP contribution in [0.15, 0.2) is 48.0 Å². The van der Waals surface area contributed by atoms with Crippen molar-refractivity contribution in [1.29, 1.82) is 0 Å². The Labute approximate surface area is 200 Å². The number of likely N-dealkylation sites (tertiary alicyclic amines) is 1. The maximum Gasteiger partial charge on any atom is 0.295 e. The summed E-state index contributed by atoms with van der Waals surface area (Å²) < 4.78 is 10.8. The Bertz CT molecular complexity index is 1080. The molecule has 0 spiro atoms. The molecule has 1 fully saturated rings. The lowest BCUT2D eigenvalue weighted by Gasteiger charge is -2.26. The Morgan fingerprint density at radius 3 is 2.29 bits per heavy atom. The molecule has 0 saturated carbocycles. The van der Waals surface area contributed by atoms with Gasteiger partial charge in [0, 0.05) is 12.6 Å². The number of hydrogen-bond acceptors (Lipinski definition) is 7. The molecule has 3 rings (SSSR count). The van der Waals surface area contributed by atoms with Gasteiger partial charge in [-0.15, -0.1) is 0 Å². The van der Waals surface area contributed by atoms with Crippen molar-refractivity contribution >= 4 is 17.4 Å². The number of carbonyl (C=O) groups excluding carboxylic acids is 2. The molecular formula is C26H32N2O6. The molecule has 0 bridgehead atoms. The predicted molar refractivity (Wildman–Crippen MR) is 129 cm³/mol. The summed E-state index contributed by atoms with van der Waals surface area (Å²) in [4.78, 5) is 29.6. The van der Waals surface area contributed by atoms with Gasteiger partial charge >= 0.3 is 0 Å². The summed E-state index contributed by atoms with van der Waals surface area (Å²) in [5, 5.41) is 21.6. The molecule has 1 unspecified atom stereocenters. The van der Waals surface area contributed by atoms with Crippen LogP contribution in [-0.2, 0) is 9.59 Å². The van der Waals surface area contributed by atoms with Gasteiger partial charge in [-0.2, -0.15) is 0 Å². The highest BCUT2D eigenvalue weighted by atomic mass is 16.5. The Hall–Kier alpha value is -3.52. The third-order valence-electron chi connectivity index (χ3n) is 5.57. The van der Waals surface area contributed by atoms with Crippen LogP contribution < -0.4 is 9.47 Å². The summed E-state index contributed by atoms with van der Waals surface area (Å²) >= 11 is 0. The van der Waals surface area contributed by atoms with Crippen LogP contribution in [0.25, 0.3) is 5.76 Å². The first kappa shape index (κ1) is 25.1. The molecule has 2 N–H and O–H groups in total. The monoisotopic (exact) mass is 468 g/mol. The molecule has 2 aromatic carbocycles. The maximum atomic E-state index is 13.1. The number of ether oxygens (including phenoxy) is 2. The zero-order valence-electron chi connectivity index (χ0n) is 20.2. The van der Waals surface area contributed by atoms with Crippen molar-refractivity contribution in [1.82, 2.24) is 9.80 Å². The number of amides is 1. The van der Waals surface area contributed by atoms with Crippen LogP contribution in [0.2, 0.25) is 0 Å². The number of aromatic hydroxyl groups is 1. The van der Waals surface area contributed by atoms with E-state index in [0.29, 0.717) is 30.0 Å². The van der Waals surface area contributed by atoms with Gasteiger partial charge in [-0.05, 0) is 70.7 Å². The minimum atomic E-state index is -0.795. The van der Waals surface area contributed by atoms with Crippen LogP contribution in [0, 0.1) is 0 Å². The fraction of sp³-hybridized carbons (Fsp3) is 0.385. The van der Waals surface area contributed by atoms with Gasteiger partial charge in [-0.1, -0.05) is 12.1 Å². The molecule has 182 valence electrons. The highest BCUT2D eigenvalue weighted by Gasteiger charge is 2.46. The zero-order valence-corrected chi connectivity index (χ0v) is 20.2. The number of benzene rings is 2. The van der Waals surface area contributed by atoms with E-state index in [9.17, 15) is 19.8 Å². The zero-order chi connectivity index (χ0) is 25.0. The number of nitrogens with zero attached hydrogens (tertiary/aromatic N) is 2. The molecule has 34 heavy (non-hydrogen) atoms. The maximum absolute atomic E-state index is 13.1. The Morgan fingerprint density at radius 1 is 1.09 bits per heavy atom. The summed E-state index contributed by atoms with van der Waals surface area (Å²) in [5.41, 5.74) is 0.652. The molecule has 1 saturated heterocycles. The smallest absolute Gasteiger partial charge is 0.295 e. The highest BCUT2D eigenvalue weighted by Crippen LogP contribution is 2.41. The standard InChI is InChI=1S/C26H32N2O6/c1-16(2)34-18-9-7-17(8-10-18)23-22(24(30)20-12-11-19(33-5)15-21(20)29)25(31)26(32)28(23)14-6-13-27(3)4/h7-12,15-16,23,29-30H,6,13-14H2,1-5H3/b24-22-. The van der Waals surface area contributed by atoms with E-state index < -0.39 is 23.5 Å². The number of aliphatic hydroxyl groups is 1. The average Bonchev–Trinajstić information content (AvgIpc) is 3.03. The van der Waals surface area contributed by atoms with Crippen molar-refractivity contribution in [3.05, 3.63) is 59.2 Å². The number of ketones is 1. The summed E-state index contributed by atoms with van der Waals surface area (Å²) in [6.07, 6.45) is 0.652. The van der Waals surface area contributed by atoms with E-state index in [1.54, 1.807) is 30.3 Å². The van der Waals surface area contributed by atoms with Crippen LogP contribution in [-0.4, -0.2) is 72.1 Å². The molecule has 0 radical (unpaired) electrons. The lowest BCUT2D eigenvalue weighted by Crippen LogP contribution is -2.32. The Kier molecular flexibility index (Phi) is 7.83. The quantitative estimate of drug-likeness (QED) is 0.330. The number of hydrogen-bond donors (Lipinski definition) is 2. The summed E-state index contributed by atoms with van der Waals surface area (Å²) in [5.74, 6) is -1.09. The van der Waals surface area contributed by atoms with Gasteiger partial charge < -0.3 is 29.5 Å². The van der Waals surface area contributed by atoms with Gasteiger partial charge in [0.25, 0.3) is 11.7 Å². The lowest BCUT2D eigenvalue weighted by molar-refractivity contribution is -0.139. The molecule has 2 aromatic rings. The van der Waals surface area contributed by atoms with E-state index >= 15 is 0 Å². The lowest BCUT2D eigenvalue weighted by atomic mass is 9.95. The second-order valence-electron chi connectivity index (χ2n) is 8.77. The predicted octanol–water partition coefficient (Wildman–Crippen LogP) is 3.56. The Balaban J connectivity index is 2.09. The van der Waals surface area contributed by atoms with Gasteiger partial charge in [0.2, 0.25) is 0 Å². The van der Waals surface area contributed by atoms with Crippen molar-refractivity contribution < 1.29 is 29.3 Å². The molecule has 1 heterocycles. The number of phenols is 1. The van der Waals surface area contributed by atoms with Crippen LogP contribution >= 0.6 is 0 Å². The number of Topliss-reactive ketones (excluding diaryl/α,β-unsaturated/α-hetero) is 1. The van der Waals surface area contributed by atoms with Crippen molar-refractivity contribution in [3.63, 3.8) is 0 Å². The van der Waals surface area contributed by atoms with Crippen molar-refractivity contribution in [3.8, 4) is 17.2 Å². The van der Waals surface area contributed by atoms with Gasteiger partial charge in [-0.25, -0.2) is 0 Å². The van der Waals surface area contributed by atoms with Gasteiger partial charge in [-0.3, -0.25) is 9.59 Å². The normalized spacial score (nSPS) is 17.6. The molecule has 8 heteroatoms. The molecule has 1 atom stereocenters. The fourth-order valence-electron chi connectivity index (χ4n) is 4.00. The third-order valence-corrected chi connectivity index (χ3v) is 5.57. The minimum absolute atomic E-state index is 0.000525. The average molecular weight is 469 g/mol. The minimum Gasteiger partial charge on any atom is -0.507 e. The SMILES string of the molecule is COc1ccc(/C(O)=C2/C(=O)C(=O)N(CCCN(C)C)C2c2ccc(OC(C)C)cc2)c(O)c1. The number of rotatable bonds is 9. The number of phenolic OH excluding ortho intramolecular Hbond substituents is 1. The number of carbonyl (C=O) groups is 2. The number of methoxy groups -OCH3 is 1. The Morgan fingerprint density at radius 2 is 1.74 bits per heavy atom. The second kappa shape index (κ2) is 10.6. The van der Waals surface area contributed by atoms with E-state index in [1.165, 1.54) is 24.1 Å². The molecule has 0 aliphatic carbocycles. The second-order valence-corrected chi connectivity index (χ2v) is 8.77. The van der Waals surface area contributed by atoms with Gasteiger partial charge in [0.05, 0.1) is 30.4 Å². The molecule has 1 amide bonds. The van der Waals surface area contributed by atoms with E-state index in [0.717, 1.165) is 6.54 Å². The number of aliphatic hydroxyl groups excluding tert-OH is 1. The van der Waals surface area contributed by atoms with E-state index in [-0.39, 0.29) is 23.0 Å². The van der Waals surface area contributed by atoms with Crippen LogP contribution in [0.5, 0.6) is 17.2 Å². The molecule has 1 aliphatic rings. The first-order chi connectivity index (χ1) is 16.1. The molecular weight excluding hydrogens is 436 g/mol. The summed E-state index contributed by atoms with van der Waals surface area (Å²) in [6.45, 7) is 4.92. The van der Waals surface area contributed by atoms with Crippen molar-refractivity contribution in [2.24, 2.45) is 0 Å². The van der Waals surface area contributed by atoms with E-state index in [1.807, 2.05) is 32.8 Å². The first-order valence-electron chi connectivity index (χ1n) is 11.2.